The van der Waals surface area contributed by atoms with E-state index in [0.717, 1.165) is 23.3 Å². The summed E-state index contributed by atoms with van der Waals surface area (Å²) in [6.07, 6.45) is -4.39. The summed E-state index contributed by atoms with van der Waals surface area (Å²) in [5.74, 6) is 0.955. The Hall–Kier alpha value is -2.09. The fourth-order valence-corrected chi connectivity index (χ4v) is 3.88. The summed E-state index contributed by atoms with van der Waals surface area (Å²) in [5, 5.41) is 4.02. The maximum absolute atomic E-state index is 12.9. The molecule has 0 heterocycles. The van der Waals surface area contributed by atoms with Crippen molar-refractivity contribution < 1.29 is 22.6 Å². The van der Waals surface area contributed by atoms with E-state index in [9.17, 15) is 13.2 Å². The minimum Gasteiger partial charge on any atom is -0.493 e. The Labute approximate surface area is 196 Å². The minimum atomic E-state index is -4.39. The number of rotatable bonds is 7. The van der Waals surface area contributed by atoms with Crippen LogP contribution in [0.3, 0.4) is 0 Å². The van der Waals surface area contributed by atoms with Gasteiger partial charge in [0.05, 0.1) is 17.1 Å². The highest BCUT2D eigenvalue weighted by atomic mass is 79.9. The number of nitrogens with one attached hydrogen (secondary N) is 1. The first kappa shape index (κ1) is 23.6. The van der Waals surface area contributed by atoms with Crippen LogP contribution in [0, 0.1) is 0 Å². The Morgan fingerprint density at radius 1 is 1.03 bits per heavy atom. The second kappa shape index (κ2) is 10.0. The number of hydrogen-bond donors (Lipinski definition) is 1. The lowest BCUT2D eigenvalue weighted by atomic mass is 10.1. The van der Waals surface area contributed by atoms with Crippen LogP contribution in [0.2, 0.25) is 10.0 Å². The van der Waals surface area contributed by atoms with E-state index in [2.05, 4.69) is 21.2 Å². The molecule has 9 heteroatoms. The highest BCUT2D eigenvalue weighted by Crippen LogP contribution is 2.38. The molecular weight excluding hydrogens is 518 g/mol. The van der Waals surface area contributed by atoms with Crippen molar-refractivity contribution in [2.45, 2.75) is 19.3 Å². The summed E-state index contributed by atoms with van der Waals surface area (Å²) in [4.78, 5) is 0. The third-order valence-electron chi connectivity index (χ3n) is 4.36. The number of hydrogen-bond acceptors (Lipinski definition) is 3. The molecule has 0 aliphatic heterocycles. The summed E-state index contributed by atoms with van der Waals surface area (Å²) in [7, 11) is 1.51. The van der Waals surface area contributed by atoms with Crippen LogP contribution in [0.15, 0.2) is 59.1 Å². The molecule has 0 aliphatic rings. The number of ether oxygens (including phenoxy) is 2. The molecule has 0 aliphatic carbocycles. The molecule has 0 radical (unpaired) electrons. The van der Waals surface area contributed by atoms with E-state index in [1.54, 1.807) is 30.3 Å². The minimum absolute atomic E-state index is 0.201. The van der Waals surface area contributed by atoms with E-state index < -0.39 is 11.7 Å². The number of methoxy groups -OCH3 is 1. The maximum atomic E-state index is 12.9. The lowest BCUT2D eigenvalue weighted by molar-refractivity contribution is -0.137. The quantitative estimate of drug-likeness (QED) is 0.333. The molecule has 0 saturated heterocycles. The molecule has 0 unspecified atom stereocenters. The number of anilines is 1. The smallest absolute Gasteiger partial charge is 0.416 e. The van der Waals surface area contributed by atoms with Crippen molar-refractivity contribution in [2.24, 2.45) is 0 Å². The SMILES string of the molecule is COc1cc(CNc2cccc(C(F)(F)F)c2)cc(Br)c1OCc1ccc(Cl)cc1Cl. The molecular formula is C22H17BrCl2F3NO2. The van der Waals surface area contributed by atoms with Crippen molar-refractivity contribution in [3.63, 3.8) is 0 Å². The van der Waals surface area contributed by atoms with Gasteiger partial charge in [-0.3, -0.25) is 0 Å². The maximum Gasteiger partial charge on any atom is 0.416 e. The third kappa shape index (κ3) is 6.21. The van der Waals surface area contributed by atoms with E-state index in [4.69, 9.17) is 32.7 Å². The molecule has 3 aromatic rings. The fraction of sp³-hybridized carbons (Fsp3) is 0.182. The van der Waals surface area contributed by atoms with Crippen molar-refractivity contribution in [2.75, 3.05) is 12.4 Å². The molecule has 0 atom stereocenters. The van der Waals surface area contributed by atoms with Gasteiger partial charge < -0.3 is 14.8 Å². The third-order valence-corrected chi connectivity index (χ3v) is 5.54. The van der Waals surface area contributed by atoms with Gasteiger partial charge in [0.1, 0.15) is 6.61 Å². The van der Waals surface area contributed by atoms with Crippen LogP contribution in [0.5, 0.6) is 11.5 Å². The van der Waals surface area contributed by atoms with Crippen LogP contribution in [-0.2, 0) is 19.3 Å². The van der Waals surface area contributed by atoms with Gasteiger partial charge in [0.25, 0.3) is 0 Å². The van der Waals surface area contributed by atoms with Gasteiger partial charge in [0.15, 0.2) is 11.5 Å². The summed E-state index contributed by atoms with van der Waals surface area (Å²) >= 11 is 15.6. The summed E-state index contributed by atoms with van der Waals surface area (Å²) in [6, 6.07) is 13.7. The fourth-order valence-electron chi connectivity index (χ4n) is 2.81. The normalized spacial score (nSPS) is 11.3. The first-order chi connectivity index (χ1) is 14.7. The van der Waals surface area contributed by atoms with Crippen molar-refractivity contribution in [1.29, 1.82) is 0 Å². The Morgan fingerprint density at radius 3 is 2.48 bits per heavy atom. The van der Waals surface area contributed by atoms with E-state index in [1.165, 1.54) is 13.2 Å². The highest BCUT2D eigenvalue weighted by molar-refractivity contribution is 9.10. The van der Waals surface area contributed by atoms with Crippen molar-refractivity contribution >= 4 is 44.8 Å². The molecule has 3 rings (SSSR count). The Bertz CT molecular complexity index is 1080. The second-order valence-corrected chi connectivity index (χ2v) is 8.26. The van der Waals surface area contributed by atoms with Gasteiger partial charge >= 0.3 is 6.18 Å². The van der Waals surface area contributed by atoms with E-state index in [1.807, 2.05) is 6.07 Å². The molecule has 0 spiro atoms. The topological polar surface area (TPSA) is 30.5 Å². The van der Waals surface area contributed by atoms with Crippen molar-refractivity contribution in [1.82, 2.24) is 0 Å². The molecule has 0 bridgehead atoms. The predicted octanol–water partition coefficient (Wildman–Crippen LogP) is 7.97. The van der Waals surface area contributed by atoms with Gasteiger partial charge in [-0.1, -0.05) is 35.3 Å². The van der Waals surface area contributed by atoms with Gasteiger partial charge in [-0.2, -0.15) is 13.2 Å². The van der Waals surface area contributed by atoms with E-state index in [0.29, 0.717) is 38.2 Å². The zero-order chi connectivity index (χ0) is 22.6. The van der Waals surface area contributed by atoms with Gasteiger partial charge in [0.2, 0.25) is 0 Å². The molecule has 0 amide bonds. The Balaban J connectivity index is 1.73. The highest BCUT2D eigenvalue weighted by Gasteiger charge is 2.30. The molecule has 3 aromatic carbocycles. The summed E-state index contributed by atoms with van der Waals surface area (Å²) in [6.45, 7) is 0.492. The number of halogens is 6. The van der Waals surface area contributed by atoms with Crippen LogP contribution >= 0.6 is 39.1 Å². The number of alkyl halides is 3. The molecule has 0 aromatic heterocycles. The lowest BCUT2D eigenvalue weighted by Crippen LogP contribution is -2.06. The van der Waals surface area contributed by atoms with Gasteiger partial charge in [-0.15, -0.1) is 0 Å². The van der Waals surface area contributed by atoms with Gasteiger partial charge in [-0.25, -0.2) is 0 Å². The zero-order valence-corrected chi connectivity index (χ0v) is 19.3. The molecule has 3 nitrogen and oxygen atoms in total. The Morgan fingerprint density at radius 2 is 1.81 bits per heavy atom. The predicted molar refractivity (Wildman–Crippen MR) is 120 cm³/mol. The van der Waals surface area contributed by atoms with Crippen LogP contribution in [0.1, 0.15) is 16.7 Å². The monoisotopic (exact) mass is 533 g/mol. The first-order valence-electron chi connectivity index (χ1n) is 9.01. The molecule has 0 saturated carbocycles. The van der Waals surface area contributed by atoms with Crippen LogP contribution in [0.25, 0.3) is 0 Å². The van der Waals surface area contributed by atoms with E-state index >= 15 is 0 Å². The largest absolute Gasteiger partial charge is 0.493 e. The molecule has 0 fully saturated rings. The second-order valence-electron chi connectivity index (χ2n) is 6.57. The van der Waals surface area contributed by atoms with Gasteiger partial charge in [0, 0.05) is 27.8 Å². The molecule has 31 heavy (non-hydrogen) atoms. The van der Waals surface area contributed by atoms with Crippen LogP contribution in [-0.4, -0.2) is 7.11 Å². The Kier molecular flexibility index (Phi) is 7.62. The average molecular weight is 535 g/mol. The number of benzene rings is 3. The molecule has 164 valence electrons. The van der Waals surface area contributed by atoms with Crippen molar-refractivity contribution in [3.05, 3.63) is 85.8 Å². The van der Waals surface area contributed by atoms with Gasteiger partial charge in [-0.05, 0) is 64.0 Å². The standard InChI is InChI=1S/C22H17BrCl2F3NO2/c1-30-20-8-13(11-29-17-4-2-3-15(9-17)22(26,27)28)7-18(23)21(20)31-12-14-5-6-16(24)10-19(14)25/h2-10,29H,11-12H2,1H3. The summed E-state index contributed by atoms with van der Waals surface area (Å²) < 4.78 is 50.6. The first-order valence-corrected chi connectivity index (χ1v) is 10.6. The zero-order valence-electron chi connectivity index (χ0n) is 16.2. The lowest BCUT2D eigenvalue weighted by Gasteiger charge is -2.16. The van der Waals surface area contributed by atoms with Crippen LogP contribution in [0.4, 0.5) is 18.9 Å². The van der Waals surface area contributed by atoms with Crippen molar-refractivity contribution in [3.8, 4) is 11.5 Å². The summed E-state index contributed by atoms with van der Waals surface area (Å²) in [5.41, 5.74) is 1.21. The van der Waals surface area contributed by atoms with E-state index in [-0.39, 0.29) is 6.61 Å². The van der Waals surface area contributed by atoms with Crippen LogP contribution < -0.4 is 14.8 Å². The average Bonchev–Trinajstić information content (AvgIpc) is 2.72. The molecule has 1 N–H and O–H groups in total.